The van der Waals surface area contributed by atoms with Crippen LogP contribution in [0.15, 0.2) is 24.3 Å². The minimum absolute atomic E-state index is 0.0695. The quantitative estimate of drug-likeness (QED) is 0.617. The van der Waals surface area contributed by atoms with Crippen molar-refractivity contribution in [1.29, 1.82) is 0 Å². The molecule has 0 unspecified atom stereocenters. The van der Waals surface area contributed by atoms with Gasteiger partial charge < -0.3 is 10.6 Å². The maximum Gasteiger partial charge on any atom is 0.253 e. The van der Waals surface area contributed by atoms with Crippen molar-refractivity contribution in [1.82, 2.24) is 4.98 Å². The summed E-state index contributed by atoms with van der Waals surface area (Å²) in [7, 11) is 0. The van der Waals surface area contributed by atoms with Crippen molar-refractivity contribution in [2.75, 3.05) is 10.6 Å². The molecular weight excluding hydrogens is 326 g/mol. The van der Waals surface area contributed by atoms with E-state index in [2.05, 4.69) is 15.6 Å². The number of amides is 1. The molecule has 24 heavy (non-hydrogen) atoms. The number of hydrogen-bond acceptors (Lipinski definition) is 3. The van der Waals surface area contributed by atoms with Crippen LogP contribution in [0.4, 0.5) is 28.9 Å². The zero-order valence-electron chi connectivity index (χ0n) is 12.8. The van der Waals surface area contributed by atoms with Crippen LogP contribution in [-0.2, 0) is 11.3 Å². The van der Waals surface area contributed by atoms with E-state index in [0.29, 0.717) is 17.7 Å². The number of nitrogens with one attached hydrogen (secondary N) is 2. The summed E-state index contributed by atoms with van der Waals surface area (Å²) in [6, 6.07) is 6.45. The Kier molecular flexibility index (Phi) is 5.73. The fraction of sp³-hybridized carbons (Fsp3) is 0.250. The Labute approximate surface area is 135 Å². The lowest BCUT2D eigenvalue weighted by molar-refractivity contribution is -0.116. The molecule has 0 spiro atoms. The molecule has 0 aliphatic rings. The van der Waals surface area contributed by atoms with Crippen LogP contribution in [0.5, 0.6) is 0 Å². The number of rotatable bonds is 6. The van der Waals surface area contributed by atoms with Gasteiger partial charge in [-0.25, -0.2) is 0 Å². The lowest BCUT2D eigenvalue weighted by atomic mass is 10.2. The smallest absolute Gasteiger partial charge is 0.253 e. The molecule has 4 nitrogen and oxygen atoms in total. The average molecular weight is 341 g/mol. The minimum Gasteiger partial charge on any atom is -0.376 e. The number of carbonyl (C=O) groups is 1. The summed E-state index contributed by atoms with van der Waals surface area (Å²) in [4.78, 5) is 13.9. The molecule has 1 amide bonds. The lowest BCUT2D eigenvalue weighted by Crippen LogP contribution is -2.11. The van der Waals surface area contributed by atoms with E-state index in [1.807, 2.05) is 6.92 Å². The summed E-state index contributed by atoms with van der Waals surface area (Å²) in [6.45, 7) is 1.82. The number of benzene rings is 1. The van der Waals surface area contributed by atoms with Gasteiger partial charge in [-0.15, -0.1) is 0 Å². The lowest BCUT2D eigenvalue weighted by Gasteiger charge is -2.10. The van der Waals surface area contributed by atoms with Crippen LogP contribution in [0, 0.1) is 23.5 Å². The molecule has 0 fully saturated rings. The molecule has 0 atom stereocenters. The second-order valence-electron chi connectivity index (χ2n) is 5.05. The van der Waals surface area contributed by atoms with Crippen molar-refractivity contribution < 1.29 is 22.4 Å². The number of anilines is 2. The highest BCUT2D eigenvalue weighted by molar-refractivity contribution is 5.90. The normalized spacial score (nSPS) is 10.5. The summed E-state index contributed by atoms with van der Waals surface area (Å²) < 4.78 is 53.0. The first-order valence-corrected chi connectivity index (χ1v) is 7.25. The summed E-state index contributed by atoms with van der Waals surface area (Å²) in [5, 5.41) is 4.99. The Morgan fingerprint density at radius 2 is 1.62 bits per heavy atom. The van der Waals surface area contributed by atoms with Crippen LogP contribution in [0.1, 0.15) is 25.3 Å². The van der Waals surface area contributed by atoms with Crippen molar-refractivity contribution in [2.24, 2.45) is 0 Å². The molecule has 2 N–H and O–H groups in total. The maximum atomic E-state index is 13.5. The van der Waals surface area contributed by atoms with E-state index in [1.54, 1.807) is 24.3 Å². The minimum atomic E-state index is -1.72. The van der Waals surface area contributed by atoms with Gasteiger partial charge in [0, 0.05) is 18.7 Å². The predicted octanol–water partition coefficient (Wildman–Crippen LogP) is 3.99. The second kappa shape index (κ2) is 7.76. The number of nitrogens with zero attached hydrogens (tertiary/aromatic N) is 1. The third-order valence-electron chi connectivity index (χ3n) is 3.18. The van der Waals surface area contributed by atoms with Crippen LogP contribution >= 0.6 is 0 Å². The summed E-state index contributed by atoms with van der Waals surface area (Å²) in [5.41, 5.74) is 0.260. The van der Waals surface area contributed by atoms with E-state index >= 15 is 0 Å². The summed E-state index contributed by atoms with van der Waals surface area (Å²) in [6.07, 6.45) is 1.13. The Bertz CT molecular complexity index is 709. The Morgan fingerprint density at radius 1 is 1.04 bits per heavy atom. The number of carbonyl (C=O) groups excluding carboxylic acids is 1. The van der Waals surface area contributed by atoms with Gasteiger partial charge in [-0.2, -0.15) is 22.5 Å². The molecule has 1 aromatic heterocycles. The van der Waals surface area contributed by atoms with E-state index in [4.69, 9.17) is 0 Å². The fourth-order valence-corrected chi connectivity index (χ4v) is 1.99. The van der Waals surface area contributed by atoms with Gasteiger partial charge in [0.05, 0.1) is 0 Å². The molecule has 2 rings (SSSR count). The first-order valence-electron chi connectivity index (χ1n) is 7.25. The molecule has 1 heterocycles. The van der Waals surface area contributed by atoms with E-state index in [1.165, 1.54) is 0 Å². The largest absolute Gasteiger partial charge is 0.376 e. The second-order valence-corrected chi connectivity index (χ2v) is 5.05. The number of hydrogen-bond donors (Lipinski definition) is 2. The van der Waals surface area contributed by atoms with Gasteiger partial charge in [0.2, 0.25) is 17.5 Å². The first kappa shape index (κ1) is 17.7. The molecule has 128 valence electrons. The molecule has 8 heteroatoms. The van der Waals surface area contributed by atoms with Gasteiger partial charge in [-0.3, -0.25) is 4.79 Å². The van der Waals surface area contributed by atoms with E-state index < -0.39 is 29.2 Å². The van der Waals surface area contributed by atoms with Crippen molar-refractivity contribution >= 4 is 17.3 Å². The fourth-order valence-electron chi connectivity index (χ4n) is 1.99. The predicted molar refractivity (Wildman–Crippen MR) is 81.4 cm³/mol. The maximum absolute atomic E-state index is 13.5. The number of halogens is 4. The van der Waals surface area contributed by atoms with E-state index in [9.17, 15) is 22.4 Å². The Balaban J connectivity index is 2.04. The van der Waals surface area contributed by atoms with Crippen LogP contribution in [0.25, 0.3) is 0 Å². The van der Waals surface area contributed by atoms with Crippen LogP contribution in [0.3, 0.4) is 0 Å². The molecule has 0 saturated heterocycles. The highest BCUT2D eigenvalue weighted by Crippen LogP contribution is 2.22. The zero-order chi connectivity index (χ0) is 17.7. The SMILES string of the molecule is CCCC(=O)Nc1ccc(CNc2c(F)c(F)nc(F)c2F)cc1. The van der Waals surface area contributed by atoms with Gasteiger partial charge in [0.1, 0.15) is 5.69 Å². The van der Waals surface area contributed by atoms with Crippen molar-refractivity contribution in [3.05, 3.63) is 53.4 Å². The molecule has 0 radical (unpaired) electrons. The van der Waals surface area contributed by atoms with Gasteiger partial charge in [-0.05, 0) is 24.1 Å². The van der Waals surface area contributed by atoms with Gasteiger partial charge in [0.25, 0.3) is 11.9 Å². The van der Waals surface area contributed by atoms with Crippen molar-refractivity contribution in [3.63, 3.8) is 0 Å². The Hall–Kier alpha value is -2.64. The van der Waals surface area contributed by atoms with Crippen molar-refractivity contribution in [2.45, 2.75) is 26.3 Å². The third-order valence-corrected chi connectivity index (χ3v) is 3.18. The van der Waals surface area contributed by atoms with Gasteiger partial charge in [-0.1, -0.05) is 19.1 Å². The molecule has 2 aromatic rings. The molecule has 0 bridgehead atoms. The highest BCUT2D eigenvalue weighted by Gasteiger charge is 2.20. The molecular formula is C16H15F4N3O. The monoisotopic (exact) mass is 341 g/mol. The number of pyridine rings is 1. The third kappa shape index (κ3) is 4.21. The first-order chi connectivity index (χ1) is 11.4. The topological polar surface area (TPSA) is 54.0 Å². The highest BCUT2D eigenvalue weighted by atomic mass is 19.2. The van der Waals surface area contributed by atoms with Gasteiger partial charge >= 0.3 is 0 Å². The van der Waals surface area contributed by atoms with Crippen LogP contribution in [0.2, 0.25) is 0 Å². The molecule has 0 aliphatic heterocycles. The molecule has 1 aromatic carbocycles. The molecule has 0 aliphatic carbocycles. The standard InChI is InChI=1S/C16H15F4N3O/c1-2-3-11(24)22-10-6-4-9(5-7-10)8-21-14-12(17)15(19)23-16(20)13(14)18/h4-7H,2-3,8H2,1H3,(H,21,23)(H,22,24). The van der Waals surface area contributed by atoms with E-state index in [-0.39, 0.29) is 12.5 Å². The van der Waals surface area contributed by atoms with Crippen LogP contribution < -0.4 is 10.6 Å². The van der Waals surface area contributed by atoms with E-state index in [0.717, 1.165) is 6.42 Å². The zero-order valence-corrected chi connectivity index (χ0v) is 12.8. The van der Waals surface area contributed by atoms with Gasteiger partial charge in [0.15, 0.2) is 0 Å². The number of aromatic nitrogens is 1. The van der Waals surface area contributed by atoms with Crippen LogP contribution in [-0.4, -0.2) is 10.9 Å². The van der Waals surface area contributed by atoms with Crippen molar-refractivity contribution in [3.8, 4) is 0 Å². The Morgan fingerprint density at radius 3 is 2.17 bits per heavy atom. The average Bonchev–Trinajstić information content (AvgIpc) is 2.55. The summed E-state index contributed by atoms with van der Waals surface area (Å²) in [5.74, 6) is -6.72. The summed E-state index contributed by atoms with van der Waals surface area (Å²) >= 11 is 0. The molecule has 0 saturated carbocycles.